The molecule has 2 aliphatic carbocycles. The summed E-state index contributed by atoms with van der Waals surface area (Å²) in [6.45, 7) is 6.65. The number of halogens is 1. The van der Waals surface area contributed by atoms with E-state index in [0.717, 1.165) is 45.4 Å². The maximum absolute atomic E-state index is 13.8. The standard InChI is InChI=1S/C23H22BrN3O/c1-21(2)22(3)12-13-23(21,20(28)27-15-9-5-4-8-14(15)24)19-18(22)25-16-10-6-7-11-17(16)26-19/h4-11H,12-13H2,1-3H3,(H,27,28)/t22-,23+/m1/s1. The molecule has 5 heteroatoms. The first kappa shape index (κ1) is 17.8. The summed E-state index contributed by atoms with van der Waals surface area (Å²) in [5.74, 6) is 0.0106. The SMILES string of the molecule is CC1(C)[C@]2(C)CC[C@@]1(C(=O)Nc1ccccc1Br)c1nc3ccccc3nc12. The van der Waals surface area contributed by atoms with Crippen LogP contribution in [-0.2, 0) is 15.6 Å². The highest BCUT2D eigenvalue weighted by atomic mass is 79.9. The minimum Gasteiger partial charge on any atom is -0.324 e. The summed E-state index contributed by atoms with van der Waals surface area (Å²) in [5, 5.41) is 3.18. The zero-order valence-corrected chi connectivity index (χ0v) is 17.8. The monoisotopic (exact) mass is 435 g/mol. The van der Waals surface area contributed by atoms with Crippen molar-refractivity contribution in [1.29, 1.82) is 0 Å². The van der Waals surface area contributed by atoms with Gasteiger partial charge < -0.3 is 5.32 Å². The highest BCUT2D eigenvalue weighted by molar-refractivity contribution is 9.10. The molecule has 1 amide bonds. The van der Waals surface area contributed by atoms with E-state index in [2.05, 4.69) is 42.0 Å². The highest BCUT2D eigenvalue weighted by Gasteiger charge is 2.73. The maximum atomic E-state index is 13.8. The second-order valence-corrected chi connectivity index (χ2v) is 9.56. The number of nitrogens with zero attached hydrogens (tertiary/aromatic N) is 2. The van der Waals surface area contributed by atoms with Crippen LogP contribution in [-0.4, -0.2) is 15.9 Å². The predicted octanol–water partition coefficient (Wildman–Crippen LogP) is 5.36. The number of carbonyl (C=O) groups is 1. The van der Waals surface area contributed by atoms with E-state index in [9.17, 15) is 4.79 Å². The van der Waals surface area contributed by atoms with Crippen LogP contribution in [0.2, 0.25) is 0 Å². The van der Waals surface area contributed by atoms with E-state index in [-0.39, 0.29) is 16.7 Å². The Hall–Kier alpha value is -2.27. The number of hydrogen-bond acceptors (Lipinski definition) is 3. The Bertz CT molecular complexity index is 1140. The number of anilines is 1. The van der Waals surface area contributed by atoms with E-state index in [4.69, 9.17) is 9.97 Å². The van der Waals surface area contributed by atoms with Gasteiger partial charge in [0.05, 0.1) is 33.5 Å². The Balaban J connectivity index is 1.72. The molecule has 0 spiro atoms. The molecule has 4 nitrogen and oxygen atoms in total. The number of para-hydroxylation sites is 3. The Morgan fingerprint density at radius 2 is 1.54 bits per heavy atom. The van der Waals surface area contributed by atoms with Gasteiger partial charge in [0, 0.05) is 9.89 Å². The van der Waals surface area contributed by atoms with Crippen LogP contribution in [0.4, 0.5) is 5.69 Å². The van der Waals surface area contributed by atoms with Crippen molar-refractivity contribution >= 4 is 38.6 Å². The van der Waals surface area contributed by atoms with Crippen LogP contribution in [0.15, 0.2) is 53.0 Å². The van der Waals surface area contributed by atoms with Gasteiger partial charge in [-0.15, -0.1) is 0 Å². The molecular weight excluding hydrogens is 414 g/mol. The lowest BCUT2D eigenvalue weighted by Gasteiger charge is -2.39. The number of hydrogen-bond donors (Lipinski definition) is 1. The van der Waals surface area contributed by atoms with E-state index in [1.807, 2.05) is 48.5 Å². The van der Waals surface area contributed by atoms with Crippen molar-refractivity contribution in [3.8, 4) is 0 Å². The molecule has 28 heavy (non-hydrogen) atoms. The Morgan fingerprint density at radius 3 is 2.21 bits per heavy atom. The van der Waals surface area contributed by atoms with Crippen molar-refractivity contribution in [2.24, 2.45) is 5.41 Å². The van der Waals surface area contributed by atoms with Crippen molar-refractivity contribution < 1.29 is 4.79 Å². The molecule has 1 saturated carbocycles. The Labute approximate surface area is 172 Å². The number of nitrogens with one attached hydrogen (secondary N) is 1. The molecule has 5 rings (SSSR count). The van der Waals surface area contributed by atoms with Gasteiger partial charge in [-0.25, -0.2) is 9.97 Å². The van der Waals surface area contributed by atoms with Crippen LogP contribution < -0.4 is 5.32 Å². The van der Waals surface area contributed by atoms with Crippen molar-refractivity contribution in [1.82, 2.24) is 9.97 Å². The van der Waals surface area contributed by atoms with Crippen LogP contribution in [0.5, 0.6) is 0 Å². The lowest BCUT2D eigenvalue weighted by molar-refractivity contribution is -0.125. The molecule has 0 saturated heterocycles. The molecule has 1 aromatic heterocycles. The number of fused-ring (bicyclic) bond motifs is 6. The van der Waals surface area contributed by atoms with Crippen LogP contribution >= 0.6 is 15.9 Å². The van der Waals surface area contributed by atoms with Gasteiger partial charge in [-0.05, 0) is 58.5 Å². The molecule has 0 radical (unpaired) electrons. The van der Waals surface area contributed by atoms with Crippen molar-refractivity contribution in [3.05, 3.63) is 64.4 Å². The fourth-order valence-electron chi connectivity index (χ4n) is 5.34. The fourth-order valence-corrected chi connectivity index (χ4v) is 5.72. The number of rotatable bonds is 2. The molecule has 1 heterocycles. The van der Waals surface area contributed by atoms with E-state index >= 15 is 0 Å². The maximum Gasteiger partial charge on any atom is 0.237 e. The molecule has 142 valence electrons. The third-order valence-corrected chi connectivity index (χ3v) is 8.15. The predicted molar refractivity (Wildman–Crippen MR) is 114 cm³/mol. The molecule has 1 fully saturated rings. The Morgan fingerprint density at radius 1 is 0.929 bits per heavy atom. The summed E-state index contributed by atoms with van der Waals surface area (Å²) in [6.07, 6.45) is 1.72. The van der Waals surface area contributed by atoms with E-state index in [0.29, 0.717) is 0 Å². The lowest BCUT2D eigenvalue weighted by Crippen LogP contribution is -2.48. The molecule has 2 atom stereocenters. The molecule has 2 aromatic carbocycles. The van der Waals surface area contributed by atoms with E-state index < -0.39 is 5.41 Å². The average molecular weight is 436 g/mol. The molecule has 0 aliphatic heterocycles. The zero-order chi connectivity index (χ0) is 19.7. The largest absolute Gasteiger partial charge is 0.324 e. The van der Waals surface area contributed by atoms with E-state index in [1.54, 1.807) is 0 Å². The molecular formula is C23H22BrN3O. The van der Waals surface area contributed by atoms with Gasteiger partial charge in [-0.2, -0.15) is 0 Å². The smallest absolute Gasteiger partial charge is 0.237 e. The first-order valence-electron chi connectivity index (χ1n) is 9.65. The van der Waals surface area contributed by atoms with Gasteiger partial charge >= 0.3 is 0 Å². The zero-order valence-electron chi connectivity index (χ0n) is 16.2. The minimum absolute atomic E-state index is 0.0106. The number of amides is 1. The third kappa shape index (κ3) is 1.98. The normalized spacial score (nSPS) is 27.0. The van der Waals surface area contributed by atoms with Crippen LogP contribution in [0.1, 0.15) is 45.0 Å². The summed E-state index contributed by atoms with van der Waals surface area (Å²) in [7, 11) is 0. The number of benzene rings is 2. The van der Waals surface area contributed by atoms with Gasteiger partial charge in [-0.3, -0.25) is 4.79 Å². The van der Waals surface area contributed by atoms with Crippen LogP contribution in [0, 0.1) is 5.41 Å². The first-order chi connectivity index (χ1) is 13.3. The summed E-state index contributed by atoms with van der Waals surface area (Å²) >= 11 is 3.54. The minimum atomic E-state index is -0.691. The van der Waals surface area contributed by atoms with Crippen molar-refractivity contribution in [2.45, 2.75) is 44.4 Å². The second kappa shape index (κ2) is 5.63. The summed E-state index contributed by atoms with van der Waals surface area (Å²) < 4.78 is 0.876. The Kier molecular flexibility index (Phi) is 3.58. The fraction of sp³-hybridized carbons (Fsp3) is 0.348. The van der Waals surface area contributed by atoms with Gasteiger partial charge in [0.15, 0.2) is 0 Å². The summed E-state index contributed by atoms with van der Waals surface area (Å²) in [5.41, 5.74) is 3.22. The highest BCUT2D eigenvalue weighted by Crippen LogP contribution is 2.70. The molecule has 3 aromatic rings. The average Bonchev–Trinajstić information content (AvgIpc) is 2.98. The van der Waals surface area contributed by atoms with Crippen LogP contribution in [0.25, 0.3) is 11.0 Å². The van der Waals surface area contributed by atoms with Crippen molar-refractivity contribution in [3.63, 3.8) is 0 Å². The van der Waals surface area contributed by atoms with E-state index in [1.165, 1.54) is 0 Å². The van der Waals surface area contributed by atoms with Gasteiger partial charge in [0.2, 0.25) is 5.91 Å². The van der Waals surface area contributed by atoms with Crippen LogP contribution in [0.3, 0.4) is 0 Å². The molecule has 1 N–H and O–H groups in total. The second-order valence-electron chi connectivity index (χ2n) is 8.71. The van der Waals surface area contributed by atoms with Gasteiger partial charge in [-0.1, -0.05) is 45.0 Å². The molecule has 2 bridgehead atoms. The topological polar surface area (TPSA) is 54.9 Å². The quantitative estimate of drug-likeness (QED) is 0.589. The summed E-state index contributed by atoms with van der Waals surface area (Å²) in [4.78, 5) is 23.8. The molecule has 0 unspecified atom stereocenters. The van der Waals surface area contributed by atoms with Gasteiger partial charge in [0.25, 0.3) is 0 Å². The van der Waals surface area contributed by atoms with Gasteiger partial charge in [0.1, 0.15) is 0 Å². The third-order valence-electron chi connectivity index (χ3n) is 7.45. The first-order valence-corrected chi connectivity index (χ1v) is 10.4. The number of aromatic nitrogens is 2. The number of carbonyl (C=O) groups excluding carboxylic acids is 1. The summed E-state index contributed by atoms with van der Waals surface area (Å²) in [6, 6.07) is 15.7. The lowest BCUT2D eigenvalue weighted by atomic mass is 9.63. The molecule has 2 aliphatic rings. The van der Waals surface area contributed by atoms with Crippen molar-refractivity contribution in [2.75, 3.05) is 5.32 Å².